The van der Waals surface area contributed by atoms with Crippen LogP contribution in [0, 0.1) is 5.92 Å². The van der Waals surface area contributed by atoms with Crippen molar-refractivity contribution in [3.8, 4) is 5.75 Å². The molecule has 0 saturated heterocycles. The van der Waals surface area contributed by atoms with Crippen molar-refractivity contribution in [2.75, 3.05) is 6.61 Å². The molecule has 0 aliphatic rings. The summed E-state index contributed by atoms with van der Waals surface area (Å²) in [6.45, 7) is 4.50. The lowest BCUT2D eigenvalue weighted by Gasteiger charge is -2.09. The summed E-state index contributed by atoms with van der Waals surface area (Å²) in [4.78, 5) is 23.1. The van der Waals surface area contributed by atoms with Gasteiger partial charge in [0.25, 0.3) is 0 Å². The summed E-state index contributed by atoms with van der Waals surface area (Å²) < 4.78 is 10.2. The molecule has 21 heavy (non-hydrogen) atoms. The monoisotopic (exact) mass is 312 g/mol. The molecule has 0 aliphatic carbocycles. The van der Waals surface area contributed by atoms with Gasteiger partial charge >= 0.3 is 11.9 Å². The molecule has 1 aromatic carbocycles. The molecule has 1 aromatic rings. The lowest BCUT2D eigenvalue weighted by molar-refractivity contribution is -0.145. The third-order valence-electron chi connectivity index (χ3n) is 3.02. The fourth-order valence-corrected chi connectivity index (χ4v) is 1.70. The van der Waals surface area contributed by atoms with Crippen LogP contribution in [-0.2, 0) is 14.3 Å². The quantitative estimate of drug-likeness (QED) is 0.537. The molecule has 0 radical (unpaired) electrons. The van der Waals surface area contributed by atoms with Crippen molar-refractivity contribution in [2.45, 2.75) is 39.5 Å². The second-order valence-corrected chi connectivity index (χ2v) is 5.42. The van der Waals surface area contributed by atoms with Crippen molar-refractivity contribution in [3.05, 3.63) is 29.3 Å². The zero-order valence-corrected chi connectivity index (χ0v) is 13.2. The highest BCUT2D eigenvalue weighted by Crippen LogP contribution is 2.17. The van der Waals surface area contributed by atoms with Crippen molar-refractivity contribution in [2.24, 2.45) is 5.92 Å². The van der Waals surface area contributed by atoms with E-state index in [1.165, 1.54) is 0 Å². The average molecular weight is 313 g/mol. The Hall–Kier alpha value is -1.55. The highest BCUT2D eigenvalue weighted by molar-refractivity contribution is 6.30. The second kappa shape index (κ2) is 9.40. The van der Waals surface area contributed by atoms with Crippen LogP contribution in [-0.4, -0.2) is 18.5 Å². The Morgan fingerprint density at radius 2 is 1.95 bits per heavy atom. The molecule has 0 aliphatic heterocycles. The molecule has 1 unspecified atom stereocenters. The van der Waals surface area contributed by atoms with Crippen LogP contribution in [0.2, 0.25) is 5.02 Å². The highest BCUT2D eigenvalue weighted by Gasteiger charge is 2.09. The van der Waals surface area contributed by atoms with Crippen LogP contribution in [0.3, 0.4) is 0 Å². The van der Waals surface area contributed by atoms with E-state index in [1.54, 1.807) is 24.3 Å². The number of benzene rings is 1. The lowest BCUT2D eigenvalue weighted by atomic mass is 10.1. The van der Waals surface area contributed by atoms with Gasteiger partial charge in [0.15, 0.2) is 0 Å². The normalized spacial score (nSPS) is 11.8. The number of hydrogen-bond donors (Lipinski definition) is 0. The van der Waals surface area contributed by atoms with E-state index < -0.39 is 0 Å². The maximum atomic E-state index is 11.6. The van der Waals surface area contributed by atoms with E-state index in [2.05, 4.69) is 0 Å². The summed E-state index contributed by atoms with van der Waals surface area (Å²) in [7, 11) is 0. The highest BCUT2D eigenvalue weighted by atomic mass is 35.5. The van der Waals surface area contributed by atoms with Gasteiger partial charge in [0.1, 0.15) is 5.75 Å². The van der Waals surface area contributed by atoms with E-state index in [1.807, 2.05) is 13.8 Å². The first kappa shape index (κ1) is 17.5. The number of carbonyl (C=O) groups is 2. The number of rotatable bonds is 8. The van der Waals surface area contributed by atoms with E-state index in [0.29, 0.717) is 29.7 Å². The molecule has 0 heterocycles. The molecule has 4 nitrogen and oxygen atoms in total. The number of hydrogen-bond acceptors (Lipinski definition) is 4. The van der Waals surface area contributed by atoms with Crippen LogP contribution in [0.4, 0.5) is 0 Å². The van der Waals surface area contributed by atoms with E-state index in [9.17, 15) is 9.59 Å². The molecule has 0 fully saturated rings. The number of esters is 2. The lowest BCUT2D eigenvalue weighted by Crippen LogP contribution is -2.13. The van der Waals surface area contributed by atoms with Gasteiger partial charge < -0.3 is 9.47 Å². The Labute approximate surface area is 130 Å². The standard InChI is InChI=1S/C16H21ClO4/c1-3-12(2)11-20-15(18)8-5-9-16(19)21-14-7-4-6-13(17)10-14/h4,6-7,10,12H,3,5,8-9,11H2,1-2H3. The van der Waals surface area contributed by atoms with Crippen LogP contribution >= 0.6 is 11.6 Å². The molecule has 0 amide bonds. The second-order valence-electron chi connectivity index (χ2n) is 4.98. The van der Waals surface area contributed by atoms with E-state index in [4.69, 9.17) is 21.1 Å². The first-order valence-electron chi connectivity index (χ1n) is 7.13. The predicted molar refractivity (Wildman–Crippen MR) is 81.4 cm³/mol. The van der Waals surface area contributed by atoms with Crippen molar-refractivity contribution >= 4 is 23.5 Å². The van der Waals surface area contributed by atoms with Gasteiger partial charge in [-0.2, -0.15) is 0 Å². The first-order valence-corrected chi connectivity index (χ1v) is 7.51. The topological polar surface area (TPSA) is 52.6 Å². The summed E-state index contributed by atoms with van der Waals surface area (Å²) in [5, 5.41) is 0.508. The average Bonchev–Trinajstić information content (AvgIpc) is 2.44. The molecule has 1 atom stereocenters. The van der Waals surface area contributed by atoms with Crippen LogP contribution in [0.25, 0.3) is 0 Å². The summed E-state index contributed by atoms with van der Waals surface area (Å²) in [6, 6.07) is 6.63. The van der Waals surface area contributed by atoms with Gasteiger partial charge in [0, 0.05) is 17.9 Å². The molecule has 116 valence electrons. The number of halogens is 1. The zero-order chi connectivity index (χ0) is 15.7. The van der Waals surface area contributed by atoms with E-state index in [0.717, 1.165) is 6.42 Å². The van der Waals surface area contributed by atoms with Gasteiger partial charge in [-0.25, -0.2) is 0 Å². The van der Waals surface area contributed by atoms with Gasteiger partial charge in [-0.1, -0.05) is 37.9 Å². The Morgan fingerprint density at radius 3 is 2.62 bits per heavy atom. The molecule has 0 saturated carbocycles. The maximum Gasteiger partial charge on any atom is 0.311 e. The van der Waals surface area contributed by atoms with Gasteiger partial charge in [0.05, 0.1) is 6.61 Å². The summed E-state index contributed by atoms with van der Waals surface area (Å²) in [6.07, 6.45) is 1.78. The Balaban J connectivity index is 2.20. The van der Waals surface area contributed by atoms with Crippen LogP contribution in [0.1, 0.15) is 39.5 Å². The molecular weight excluding hydrogens is 292 g/mol. The summed E-state index contributed by atoms with van der Waals surface area (Å²) in [5.74, 6) is 0.117. The van der Waals surface area contributed by atoms with Gasteiger partial charge in [-0.15, -0.1) is 0 Å². The summed E-state index contributed by atoms with van der Waals surface area (Å²) in [5.41, 5.74) is 0. The van der Waals surface area contributed by atoms with Crippen LogP contribution in [0.5, 0.6) is 5.75 Å². The molecule has 0 N–H and O–H groups in total. The zero-order valence-electron chi connectivity index (χ0n) is 12.4. The van der Waals surface area contributed by atoms with Crippen molar-refractivity contribution < 1.29 is 19.1 Å². The van der Waals surface area contributed by atoms with Crippen LogP contribution in [0.15, 0.2) is 24.3 Å². The number of ether oxygens (including phenoxy) is 2. The fraction of sp³-hybridized carbons (Fsp3) is 0.500. The molecule has 0 aromatic heterocycles. The third kappa shape index (κ3) is 7.71. The Bertz CT molecular complexity index is 473. The minimum Gasteiger partial charge on any atom is -0.465 e. The molecular formula is C16H21ClO4. The van der Waals surface area contributed by atoms with Crippen molar-refractivity contribution in [3.63, 3.8) is 0 Å². The van der Waals surface area contributed by atoms with Crippen molar-refractivity contribution in [1.29, 1.82) is 0 Å². The molecule has 0 spiro atoms. The minimum absolute atomic E-state index is 0.172. The van der Waals surface area contributed by atoms with Gasteiger partial charge in [-0.3, -0.25) is 9.59 Å². The maximum absolute atomic E-state index is 11.6. The smallest absolute Gasteiger partial charge is 0.311 e. The Kier molecular flexibility index (Phi) is 7.83. The van der Waals surface area contributed by atoms with E-state index >= 15 is 0 Å². The fourth-order valence-electron chi connectivity index (χ4n) is 1.52. The van der Waals surface area contributed by atoms with Crippen molar-refractivity contribution in [1.82, 2.24) is 0 Å². The van der Waals surface area contributed by atoms with E-state index in [-0.39, 0.29) is 24.8 Å². The van der Waals surface area contributed by atoms with Gasteiger partial charge in [-0.05, 0) is 30.5 Å². The minimum atomic E-state index is -0.382. The van der Waals surface area contributed by atoms with Crippen LogP contribution < -0.4 is 4.74 Å². The third-order valence-corrected chi connectivity index (χ3v) is 3.25. The number of carbonyl (C=O) groups excluding carboxylic acids is 2. The molecule has 0 bridgehead atoms. The predicted octanol–water partition coefficient (Wildman–Crippen LogP) is 4.01. The first-order chi connectivity index (χ1) is 10.0. The molecule has 5 heteroatoms. The Morgan fingerprint density at radius 1 is 1.24 bits per heavy atom. The largest absolute Gasteiger partial charge is 0.465 e. The SMILES string of the molecule is CCC(C)COC(=O)CCCC(=O)Oc1cccc(Cl)c1. The summed E-state index contributed by atoms with van der Waals surface area (Å²) >= 11 is 5.79. The molecule has 1 rings (SSSR count). The van der Waals surface area contributed by atoms with Gasteiger partial charge in [0.2, 0.25) is 0 Å².